The van der Waals surface area contributed by atoms with Crippen LogP contribution in [0, 0.1) is 0 Å². The molecule has 9 nitrogen and oxygen atoms in total. The minimum atomic E-state index is -2.07. The van der Waals surface area contributed by atoms with Gasteiger partial charge in [-0.1, -0.05) is 53.3 Å². The van der Waals surface area contributed by atoms with Crippen LogP contribution in [0.2, 0.25) is 36.3 Å². The van der Waals surface area contributed by atoms with E-state index in [1.807, 2.05) is 0 Å². The Morgan fingerprint density at radius 1 is 0.750 bits per heavy atom. The summed E-state index contributed by atoms with van der Waals surface area (Å²) in [4.78, 5) is 12.8. The molecule has 48 heavy (non-hydrogen) atoms. The van der Waals surface area contributed by atoms with Gasteiger partial charge in [-0.05, 0) is 91.7 Å². The molecule has 0 radical (unpaired) electrons. The Hall–Kier alpha value is 0.564. The normalized spacial score (nSPS) is 14.3. The van der Waals surface area contributed by atoms with Gasteiger partial charge < -0.3 is 28.5 Å². The fraction of sp³-hybridized carbons (Fsp3) is 0.971. The molecule has 0 fully saturated rings. The zero-order valence-electron chi connectivity index (χ0n) is 34.4. The number of aliphatic hydroxyl groups is 1. The van der Waals surface area contributed by atoms with Crippen LogP contribution >= 0.6 is 20.2 Å². The minimum Gasteiger partial charge on any atom is -0.415 e. The molecule has 2 N–H and O–H groups in total. The third-order valence-electron chi connectivity index (χ3n) is 9.60. The lowest BCUT2D eigenvalue weighted by atomic mass is 10.0. The summed E-state index contributed by atoms with van der Waals surface area (Å²) in [6.07, 6.45) is 0.348. The topological polar surface area (TPSA) is 92.7 Å². The average molecular weight is 756 g/mol. The van der Waals surface area contributed by atoms with Crippen molar-refractivity contribution < 1.29 is 28.0 Å². The van der Waals surface area contributed by atoms with Gasteiger partial charge in [0, 0.05) is 42.9 Å². The van der Waals surface area contributed by atoms with E-state index in [1.165, 1.54) is 11.8 Å². The number of carbonyl (C=O) groups excluding carboxylic acids is 1. The van der Waals surface area contributed by atoms with Crippen molar-refractivity contribution in [3.05, 3.63) is 0 Å². The molecule has 0 aromatic rings. The molecule has 0 amide bonds. The molecule has 13 heteroatoms. The molecular weight excluding hydrogens is 678 g/mol. The Bertz CT molecular complexity index is 848. The van der Waals surface area contributed by atoms with Crippen LogP contribution in [0.4, 0.5) is 0 Å². The number of rotatable bonds is 24. The molecule has 0 aromatic carbocycles. The number of thioether (sulfide) groups is 1. The minimum absolute atomic E-state index is 0.0446. The van der Waals surface area contributed by atoms with Crippen LogP contribution in [0.1, 0.15) is 103 Å². The maximum absolute atomic E-state index is 12.8. The number of nitrogens with one attached hydrogen (secondary N) is 1. The molecule has 0 heterocycles. The van der Waals surface area contributed by atoms with Crippen LogP contribution in [-0.4, -0.2) is 118 Å². The van der Waals surface area contributed by atoms with Gasteiger partial charge in [-0.25, -0.2) is 9.34 Å². The highest BCUT2D eigenvalue weighted by Crippen LogP contribution is 2.50. The Labute approximate surface area is 304 Å². The first-order chi connectivity index (χ1) is 21.7. The van der Waals surface area contributed by atoms with Crippen LogP contribution in [0.3, 0.4) is 0 Å². The lowest BCUT2D eigenvalue weighted by molar-refractivity contribution is -0.111. The highest BCUT2D eigenvalue weighted by atomic mass is 32.2. The van der Waals surface area contributed by atoms with Crippen molar-refractivity contribution in [2.45, 2.75) is 169 Å². The predicted molar refractivity (Wildman–Crippen MR) is 214 cm³/mol. The Kier molecular flexibility index (Phi) is 21.6. The van der Waals surface area contributed by atoms with Gasteiger partial charge in [-0.3, -0.25) is 4.79 Å². The second-order valence-corrected chi connectivity index (χ2v) is 29.7. The summed E-state index contributed by atoms with van der Waals surface area (Å²) in [6.45, 7) is 42.5. The molecule has 0 aliphatic carbocycles. The van der Waals surface area contributed by atoms with E-state index in [9.17, 15) is 9.90 Å². The molecule has 0 saturated carbocycles. The van der Waals surface area contributed by atoms with Crippen molar-refractivity contribution in [3.8, 4) is 0 Å². The summed E-state index contributed by atoms with van der Waals surface area (Å²) in [5.74, 6) is 0.593. The van der Waals surface area contributed by atoms with Crippen molar-refractivity contribution in [3.63, 3.8) is 0 Å². The third kappa shape index (κ3) is 16.5. The molecule has 0 aliphatic rings. The number of ether oxygens (including phenoxy) is 1. The second kappa shape index (κ2) is 21.3. The maximum Gasteiger partial charge on any atom is 0.192 e. The van der Waals surface area contributed by atoms with Crippen LogP contribution < -0.4 is 5.32 Å². The lowest BCUT2D eigenvalue weighted by Crippen LogP contribution is -2.60. The van der Waals surface area contributed by atoms with E-state index in [4.69, 9.17) is 18.1 Å². The van der Waals surface area contributed by atoms with E-state index in [1.54, 1.807) is 0 Å². The molecule has 288 valence electrons. The zero-order valence-corrected chi connectivity index (χ0v) is 38.1. The number of nitrogens with zero attached hydrogens (tertiary/aromatic N) is 2. The van der Waals surface area contributed by atoms with E-state index < -0.39 is 30.6 Å². The smallest absolute Gasteiger partial charge is 0.192 e. The summed E-state index contributed by atoms with van der Waals surface area (Å²) in [7, 11) is -5.07. The highest BCUT2D eigenvalue weighted by Gasteiger charge is 2.43. The monoisotopic (exact) mass is 755 g/mol. The van der Waals surface area contributed by atoms with Gasteiger partial charge in [-0.15, -0.1) is 0 Å². The SMILES string of the molecule is CC(C)N(C(C)C)P(OCCOCCSC(=O)CCNC(CO)(CO[Si](C)(C)C(C)(C)C)CO[Si](C)(C)C(C)(C)C)N(C(C)C)C(C)C. The molecule has 0 atom stereocenters. The molecule has 0 unspecified atom stereocenters. The predicted octanol–water partition coefficient (Wildman–Crippen LogP) is 8.50. The van der Waals surface area contributed by atoms with Crippen molar-refractivity contribution in [1.82, 2.24) is 14.7 Å². The van der Waals surface area contributed by atoms with Crippen molar-refractivity contribution in [2.24, 2.45) is 0 Å². The number of aliphatic hydroxyl groups excluding tert-OH is 1. The Morgan fingerprint density at radius 3 is 1.52 bits per heavy atom. The van der Waals surface area contributed by atoms with Crippen LogP contribution in [0.25, 0.3) is 0 Å². The van der Waals surface area contributed by atoms with E-state index in [0.717, 1.165) is 0 Å². The first-order valence-corrected chi connectivity index (χ1v) is 26.1. The quantitative estimate of drug-likeness (QED) is 0.0568. The maximum atomic E-state index is 12.8. The molecular formula is C35H78N3O6PSSi2. The summed E-state index contributed by atoms with van der Waals surface area (Å²) in [5.41, 5.74) is -0.778. The van der Waals surface area contributed by atoms with Gasteiger partial charge in [0.05, 0.1) is 45.2 Å². The van der Waals surface area contributed by atoms with Gasteiger partial charge in [0.1, 0.15) is 0 Å². The molecule has 0 spiro atoms. The zero-order chi connectivity index (χ0) is 37.7. The van der Waals surface area contributed by atoms with Crippen LogP contribution in [0.15, 0.2) is 0 Å². The van der Waals surface area contributed by atoms with Gasteiger partial charge in [0.2, 0.25) is 0 Å². The summed E-state index contributed by atoms with van der Waals surface area (Å²) >= 11 is 1.30. The first kappa shape index (κ1) is 48.6. The van der Waals surface area contributed by atoms with Crippen molar-refractivity contribution >= 4 is 42.0 Å². The highest BCUT2D eigenvalue weighted by molar-refractivity contribution is 8.13. The van der Waals surface area contributed by atoms with Crippen molar-refractivity contribution in [2.75, 3.05) is 51.9 Å². The molecule has 0 saturated heterocycles. The van der Waals surface area contributed by atoms with Crippen LogP contribution in [-0.2, 0) is 22.9 Å². The molecule has 0 bridgehead atoms. The third-order valence-corrected chi connectivity index (χ3v) is 22.5. The fourth-order valence-corrected chi connectivity index (χ4v) is 9.73. The largest absolute Gasteiger partial charge is 0.415 e. The second-order valence-electron chi connectivity index (χ2n) is 17.3. The number of carbonyl (C=O) groups is 1. The van der Waals surface area contributed by atoms with E-state index in [0.29, 0.717) is 75.9 Å². The summed E-state index contributed by atoms with van der Waals surface area (Å²) in [5, 5.41) is 14.4. The van der Waals surface area contributed by atoms with Gasteiger partial charge in [0.15, 0.2) is 30.2 Å². The Balaban J connectivity index is 5.09. The van der Waals surface area contributed by atoms with E-state index in [-0.39, 0.29) is 21.8 Å². The molecule has 0 aromatic heterocycles. The first-order valence-electron chi connectivity index (χ1n) is 18.1. The van der Waals surface area contributed by atoms with E-state index in [2.05, 4.69) is 138 Å². The summed E-state index contributed by atoms with van der Waals surface area (Å²) < 4.78 is 30.5. The molecule has 0 rings (SSSR count). The lowest BCUT2D eigenvalue weighted by Gasteiger charge is -2.45. The van der Waals surface area contributed by atoms with Gasteiger partial charge in [-0.2, -0.15) is 0 Å². The Morgan fingerprint density at radius 2 is 1.17 bits per heavy atom. The van der Waals surface area contributed by atoms with E-state index >= 15 is 0 Å². The average Bonchev–Trinajstić information content (AvgIpc) is 2.91. The fourth-order valence-electron chi connectivity index (χ4n) is 4.59. The van der Waals surface area contributed by atoms with Crippen molar-refractivity contribution in [1.29, 1.82) is 0 Å². The molecule has 0 aliphatic heterocycles. The van der Waals surface area contributed by atoms with Crippen LogP contribution in [0.5, 0.6) is 0 Å². The van der Waals surface area contributed by atoms with Gasteiger partial charge >= 0.3 is 0 Å². The number of hydrogen-bond acceptors (Lipinski definition) is 10. The van der Waals surface area contributed by atoms with Gasteiger partial charge in [0.25, 0.3) is 0 Å². The standard InChI is InChI=1S/C35H78N3O6PSSi2/c1-28(2)37(29(3)4)45(38(30(5)6)31(7)8)42-22-21-41-23-24-46-32(40)19-20-36-35(25-39,26-43-47(15,16)33(9,10)11)27-44-48(17,18)34(12,13)14/h28-31,36,39H,19-27H2,1-18H3. The number of hydrogen-bond donors (Lipinski definition) is 2. The summed E-state index contributed by atoms with van der Waals surface area (Å²) in [6, 6.07) is 1.47.